The van der Waals surface area contributed by atoms with Crippen molar-refractivity contribution < 1.29 is 26.3 Å². The molecule has 152 valence electrons. The molecule has 0 unspecified atom stereocenters. The minimum Gasteiger partial charge on any atom is -0.496 e. The van der Waals surface area contributed by atoms with Crippen LogP contribution in [-0.4, -0.2) is 40.6 Å². The van der Waals surface area contributed by atoms with Crippen molar-refractivity contribution in [2.24, 2.45) is 0 Å². The van der Waals surface area contributed by atoms with Gasteiger partial charge in [-0.3, -0.25) is 4.72 Å². The maximum absolute atomic E-state index is 14.0. The zero-order chi connectivity index (χ0) is 20.6. The van der Waals surface area contributed by atoms with Crippen LogP contribution in [0.3, 0.4) is 0 Å². The molecule has 28 heavy (non-hydrogen) atoms. The molecule has 5 nitrogen and oxygen atoms in total. The molecule has 0 saturated heterocycles. The van der Waals surface area contributed by atoms with Crippen molar-refractivity contribution in [1.29, 1.82) is 0 Å². The highest BCUT2D eigenvalue weighted by atomic mass is 32.2. The molecule has 0 amide bonds. The number of fused-ring (bicyclic) bond motifs is 1. The molecule has 2 aromatic carbocycles. The number of hydrogen-bond donors (Lipinski definition) is 1. The van der Waals surface area contributed by atoms with E-state index in [0.717, 1.165) is 17.5 Å². The quantitative estimate of drug-likeness (QED) is 0.763. The highest BCUT2D eigenvalue weighted by Crippen LogP contribution is 2.37. The summed E-state index contributed by atoms with van der Waals surface area (Å²) in [6.45, 7) is 0. The molecule has 2 aromatic rings. The average Bonchev–Trinajstić information content (AvgIpc) is 2.64. The van der Waals surface area contributed by atoms with E-state index >= 15 is 0 Å². The standard InChI is InChI=1S/C19H21F3N2O3S/c1-24(2)11-4-5-12-13(8-11)18(27-3)7-6-17(12)23-28(25,26)19-10-15(21)14(20)9-16(19)22/h6-7,9-11,23H,4-5,8H2,1-3H3/t11-/m0/s1. The number of nitrogens with zero attached hydrogens (tertiary/aromatic N) is 1. The number of sulfonamides is 1. The van der Waals surface area contributed by atoms with Gasteiger partial charge in [-0.2, -0.15) is 0 Å². The second-order valence-electron chi connectivity index (χ2n) is 6.93. The normalized spacial score (nSPS) is 16.8. The van der Waals surface area contributed by atoms with Crippen molar-refractivity contribution in [3.05, 3.63) is 52.8 Å². The van der Waals surface area contributed by atoms with E-state index < -0.39 is 32.4 Å². The number of likely N-dealkylation sites (N-methyl/N-ethyl adjacent to an activating group) is 1. The highest BCUT2D eigenvalue weighted by molar-refractivity contribution is 7.92. The third-order valence-corrected chi connectivity index (χ3v) is 6.39. The number of rotatable bonds is 5. The Bertz CT molecular complexity index is 1010. The molecular weight excluding hydrogens is 393 g/mol. The van der Waals surface area contributed by atoms with Crippen molar-refractivity contribution in [1.82, 2.24) is 4.90 Å². The molecule has 1 aliphatic rings. The lowest BCUT2D eigenvalue weighted by atomic mass is 9.86. The maximum atomic E-state index is 14.0. The molecule has 0 radical (unpaired) electrons. The summed E-state index contributed by atoms with van der Waals surface area (Å²) in [5, 5.41) is 0. The molecule has 0 heterocycles. The van der Waals surface area contributed by atoms with Gasteiger partial charge < -0.3 is 9.64 Å². The van der Waals surface area contributed by atoms with Gasteiger partial charge in [-0.05, 0) is 51.1 Å². The van der Waals surface area contributed by atoms with E-state index in [9.17, 15) is 21.6 Å². The van der Waals surface area contributed by atoms with Crippen molar-refractivity contribution in [3.63, 3.8) is 0 Å². The van der Waals surface area contributed by atoms with Crippen molar-refractivity contribution in [3.8, 4) is 5.75 Å². The van der Waals surface area contributed by atoms with Gasteiger partial charge in [0.15, 0.2) is 11.6 Å². The molecule has 0 fully saturated rings. The molecule has 1 atom stereocenters. The lowest BCUT2D eigenvalue weighted by Crippen LogP contribution is -2.34. The number of halogens is 3. The van der Waals surface area contributed by atoms with Gasteiger partial charge in [0, 0.05) is 23.7 Å². The molecule has 0 bridgehead atoms. The van der Waals surface area contributed by atoms with E-state index in [-0.39, 0.29) is 17.8 Å². The van der Waals surface area contributed by atoms with Gasteiger partial charge >= 0.3 is 0 Å². The van der Waals surface area contributed by atoms with Gasteiger partial charge in [0.1, 0.15) is 16.5 Å². The lowest BCUT2D eigenvalue weighted by molar-refractivity contribution is 0.265. The summed E-state index contributed by atoms with van der Waals surface area (Å²) in [7, 11) is 1.03. The Morgan fingerprint density at radius 2 is 1.75 bits per heavy atom. The number of methoxy groups -OCH3 is 1. The van der Waals surface area contributed by atoms with Crippen LogP contribution in [0, 0.1) is 17.5 Å². The van der Waals surface area contributed by atoms with E-state index in [2.05, 4.69) is 9.62 Å². The van der Waals surface area contributed by atoms with Crippen LogP contribution in [0.4, 0.5) is 18.9 Å². The number of hydrogen-bond acceptors (Lipinski definition) is 4. The molecule has 0 saturated carbocycles. The largest absolute Gasteiger partial charge is 0.496 e. The van der Waals surface area contributed by atoms with Crippen LogP contribution < -0.4 is 9.46 Å². The number of anilines is 1. The van der Waals surface area contributed by atoms with Gasteiger partial charge in [0.25, 0.3) is 10.0 Å². The zero-order valence-electron chi connectivity index (χ0n) is 15.7. The van der Waals surface area contributed by atoms with Gasteiger partial charge in [-0.1, -0.05) is 0 Å². The Balaban J connectivity index is 2.02. The first-order chi connectivity index (χ1) is 13.1. The van der Waals surface area contributed by atoms with E-state index in [1.807, 2.05) is 14.1 Å². The van der Waals surface area contributed by atoms with E-state index in [1.165, 1.54) is 13.2 Å². The third kappa shape index (κ3) is 3.81. The van der Waals surface area contributed by atoms with E-state index in [0.29, 0.717) is 24.7 Å². The second kappa shape index (κ2) is 7.63. The van der Waals surface area contributed by atoms with Crippen LogP contribution >= 0.6 is 0 Å². The summed E-state index contributed by atoms with van der Waals surface area (Å²) < 4.78 is 73.5. The third-order valence-electron chi connectivity index (χ3n) is 5.01. The van der Waals surface area contributed by atoms with E-state index in [4.69, 9.17) is 4.74 Å². The van der Waals surface area contributed by atoms with E-state index in [1.54, 1.807) is 6.07 Å². The minimum absolute atomic E-state index is 0.217. The fourth-order valence-corrected chi connectivity index (χ4v) is 4.63. The zero-order valence-corrected chi connectivity index (χ0v) is 16.5. The monoisotopic (exact) mass is 414 g/mol. The number of nitrogens with one attached hydrogen (secondary N) is 1. The molecule has 0 aromatic heterocycles. The molecule has 9 heteroatoms. The first-order valence-corrected chi connectivity index (χ1v) is 10.1. The first-order valence-electron chi connectivity index (χ1n) is 8.66. The lowest BCUT2D eigenvalue weighted by Gasteiger charge is -2.32. The summed E-state index contributed by atoms with van der Waals surface area (Å²) in [5.41, 5.74) is 1.90. The van der Waals surface area contributed by atoms with Crippen LogP contribution in [0.1, 0.15) is 17.5 Å². The van der Waals surface area contributed by atoms with Crippen LogP contribution in [0.15, 0.2) is 29.2 Å². The fraction of sp³-hybridized carbons (Fsp3) is 0.368. The molecule has 3 rings (SSSR count). The second-order valence-corrected chi connectivity index (χ2v) is 8.59. The highest BCUT2D eigenvalue weighted by Gasteiger charge is 2.28. The first kappa shape index (κ1) is 20.5. The van der Waals surface area contributed by atoms with Gasteiger partial charge in [0.2, 0.25) is 0 Å². The Hall–Kier alpha value is -2.26. The van der Waals surface area contributed by atoms with Gasteiger partial charge in [-0.25, -0.2) is 21.6 Å². The van der Waals surface area contributed by atoms with Crippen LogP contribution in [0.2, 0.25) is 0 Å². The molecule has 0 aliphatic heterocycles. The maximum Gasteiger partial charge on any atom is 0.264 e. The molecule has 0 spiro atoms. The topological polar surface area (TPSA) is 58.6 Å². The summed E-state index contributed by atoms with van der Waals surface area (Å²) >= 11 is 0. The summed E-state index contributed by atoms with van der Waals surface area (Å²) in [6.07, 6.45) is 2.07. The Morgan fingerprint density at radius 1 is 1.07 bits per heavy atom. The smallest absolute Gasteiger partial charge is 0.264 e. The van der Waals surface area contributed by atoms with Gasteiger partial charge in [-0.15, -0.1) is 0 Å². The molecule has 1 N–H and O–H groups in total. The predicted octanol–water partition coefficient (Wildman–Crippen LogP) is 3.33. The SMILES string of the molecule is COc1ccc(NS(=O)(=O)c2cc(F)c(F)cc2F)c2c1C[C@@H](N(C)C)CC2. The van der Waals surface area contributed by atoms with Crippen molar-refractivity contribution in [2.45, 2.75) is 30.2 Å². The predicted molar refractivity (Wildman–Crippen MR) is 99.6 cm³/mol. The summed E-state index contributed by atoms with van der Waals surface area (Å²) in [5.74, 6) is -3.61. The summed E-state index contributed by atoms with van der Waals surface area (Å²) in [4.78, 5) is 1.15. The Kier molecular flexibility index (Phi) is 5.58. The molecule has 1 aliphatic carbocycles. The van der Waals surface area contributed by atoms with Crippen LogP contribution in [0.5, 0.6) is 5.75 Å². The fourth-order valence-electron chi connectivity index (χ4n) is 3.47. The van der Waals surface area contributed by atoms with Crippen molar-refractivity contribution >= 4 is 15.7 Å². The summed E-state index contributed by atoms with van der Waals surface area (Å²) in [6, 6.07) is 4.00. The minimum atomic E-state index is -4.45. The average molecular weight is 414 g/mol. The van der Waals surface area contributed by atoms with Gasteiger partial charge in [0.05, 0.1) is 12.8 Å². The Morgan fingerprint density at radius 3 is 2.39 bits per heavy atom. The van der Waals surface area contributed by atoms with Crippen molar-refractivity contribution in [2.75, 3.05) is 25.9 Å². The van der Waals surface area contributed by atoms with Crippen LogP contribution in [-0.2, 0) is 22.9 Å². The number of benzene rings is 2. The molecular formula is C19H21F3N2O3S. The number of ether oxygens (including phenoxy) is 1. The Labute approximate surface area is 162 Å². The van der Waals surface area contributed by atoms with Crippen LogP contribution in [0.25, 0.3) is 0 Å².